The second-order valence-corrected chi connectivity index (χ2v) is 6.74. The third kappa shape index (κ3) is 2.52. The van der Waals surface area contributed by atoms with Crippen molar-refractivity contribution in [2.75, 3.05) is 26.8 Å². The van der Waals surface area contributed by atoms with E-state index in [2.05, 4.69) is 0 Å². The summed E-state index contributed by atoms with van der Waals surface area (Å²) in [6.45, 7) is 2.52. The summed E-state index contributed by atoms with van der Waals surface area (Å²) in [5, 5.41) is 0. The molecule has 0 spiro atoms. The number of nitrogens with zero attached hydrogens (tertiary/aromatic N) is 1. The molecular formula is C15H26N2O2. The number of hydrogen-bond acceptors (Lipinski definition) is 3. The van der Waals surface area contributed by atoms with Crippen molar-refractivity contribution in [3.63, 3.8) is 0 Å². The number of carbonyl (C=O) groups excluding carboxylic acids is 1. The fraction of sp³-hybridized carbons (Fsp3) is 0.933. The highest BCUT2D eigenvalue weighted by Crippen LogP contribution is 2.48. The minimum atomic E-state index is 0.0910. The number of nitrogens with two attached hydrogens (primary N) is 1. The number of carbonyl (C=O) groups is 1. The molecule has 1 saturated heterocycles. The zero-order chi connectivity index (χ0) is 13.4. The lowest BCUT2D eigenvalue weighted by Crippen LogP contribution is -2.47. The first-order valence-corrected chi connectivity index (χ1v) is 7.75. The van der Waals surface area contributed by atoms with E-state index in [1.807, 2.05) is 11.9 Å². The molecule has 1 amide bonds. The molecule has 3 aliphatic rings. The Morgan fingerprint density at radius 1 is 1.32 bits per heavy atom. The SMILES string of the molecule is CN(CC1CCCOC1)C(=O)C1C2CCC(C2)C1N. The summed E-state index contributed by atoms with van der Waals surface area (Å²) in [5.41, 5.74) is 6.26. The molecule has 0 aromatic heterocycles. The molecule has 19 heavy (non-hydrogen) atoms. The third-order valence-corrected chi connectivity index (χ3v) is 5.43. The largest absolute Gasteiger partial charge is 0.381 e. The molecule has 4 nitrogen and oxygen atoms in total. The van der Waals surface area contributed by atoms with E-state index >= 15 is 0 Å². The van der Waals surface area contributed by atoms with Gasteiger partial charge in [-0.1, -0.05) is 0 Å². The van der Waals surface area contributed by atoms with Crippen LogP contribution in [0.5, 0.6) is 0 Å². The molecular weight excluding hydrogens is 240 g/mol. The number of rotatable bonds is 3. The molecule has 0 aromatic rings. The Bertz CT molecular complexity index is 339. The van der Waals surface area contributed by atoms with Crippen LogP contribution in [0.1, 0.15) is 32.1 Å². The second kappa shape index (κ2) is 5.41. The summed E-state index contributed by atoms with van der Waals surface area (Å²) >= 11 is 0. The molecule has 2 bridgehead atoms. The molecule has 5 unspecified atom stereocenters. The smallest absolute Gasteiger partial charge is 0.227 e. The topological polar surface area (TPSA) is 55.6 Å². The predicted molar refractivity (Wildman–Crippen MR) is 73.5 cm³/mol. The van der Waals surface area contributed by atoms with Crippen molar-refractivity contribution in [3.05, 3.63) is 0 Å². The van der Waals surface area contributed by atoms with Crippen LogP contribution >= 0.6 is 0 Å². The van der Waals surface area contributed by atoms with Crippen LogP contribution in [0.2, 0.25) is 0 Å². The minimum Gasteiger partial charge on any atom is -0.381 e. The van der Waals surface area contributed by atoms with Gasteiger partial charge in [-0.2, -0.15) is 0 Å². The summed E-state index contributed by atoms with van der Waals surface area (Å²) < 4.78 is 5.50. The van der Waals surface area contributed by atoms with Crippen LogP contribution in [0.3, 0.4) is 0 Å². The van der Waals surface area contributed by atoms with Gasteiger partial charge >= 0.3 is 0 Å². The van der Waals surface area contributed by atoms with Crippen LogP contribution in [0.4, 0.5) is 0 Å². The lowest BCUT2D eigenvalue weighted by molar-refractivity contribution is -0.137. The van der Waals surface area contributed by atoms with E-state index in [-0.39, 0.29) is 17.9 Å². The first kappa shape index (κ1) is 13.4. The maximum atomic E-state index is 12.6. The molecule has 5 atom stereocenters. The lowest BCUT2D eigenvalue weighted by Gasteiger charge is -2.33. The van der Waals surface area contributed by atoms with Gasteiger partial charge in [0.15, 0.2) is 0 Å². The van der Waals surface area contributed by atoms with Crippen molar-refractivity contribution < 1.29 is 9.53 Å². The molecule has 2 N–H and O–H groups in total. The first-order chi connectivity index (χ1) is 9.16. The number of amides is 1. The van der Waals surface area contributed by atoms with Crippen LogP contribution in [-0.4, -0.2) is 43.7 Å². The zero-order valence-corrected chi connectivity index (χ0v) is 11.9. The van der Waals surface area contributed by atoms with Gasteiger partial charge in [0, 0.05) is 26.2 Å². The highest BCUT2D eigenvalue weighted by atomic mass is 16.5. The van der Waals surface area contributed by atoms with Crippen LogP contribution < -0.4 is 5.73 Å². The molecule has 3 rings (SSSR count). The zero-order valence-electron chi connectivity index (χ0n) is 11.9. The highest BCUT2D eigenvalue weighted by molar-refractivity contribution is 5.80. The molecule has 0 radical (unpaired) electrons. The van der Waals surface area contributed by atoms with Gasteiger partial charge in [-0.15, -0.1) is 0 Å². The van der Waals surface area contributed by atoms with Gasteiger partial charge in [0.1, 0.15) is 0 Å². The second-order valence-electron chi connectivity index (χ2n) is 6.74. The van der Waals surface area contributed by atoms with E-state index in [9.17, 15) is 4.79 Å². The molecule has 0 aromatic carbocycles. The van der Waals surface area contributed by atoms with Crippen molar-refractivity contribution in [1.82, 2.24) is 4.90 Å². The Morgan fingerprint density at radius 3 is 2.74 bits per heavy atom. The molecule has 2 aliphatic carbocycles. The van der Waals surface area contributed by atoms with Crippen LogP contribution in [0.25, 0.3) is 0 Å². The molecule has 3 fully saturated rings. The Kier molecular flexibility index (Phi) is 3.81. The average molecular weight is 266 g/mol. The monoisotopic (exact) mass is 266 g/mol. The normalized spacial score (nSPS) is 41.5. The van der Waals surface area contributed by atoms with Crippen LogP contribution in [0.15, 0.2) is 0 Å². The quantitative estimate of drug-likeness (QED) is 0.836. The fourth-order valence-corrected chi connectivity index (χ4v) is 4.39. The van der Waals surface area contributed by atoms with Crippen molar-refractivity contribution in [2.24, 2.45) is 29.4 Å². The van der Waals surface area contributed by atoms with Crippen molar-refractivity contribution in [2.45, 2.75) is 38.1 Å². The van der Waals surface area contributed by atoms with Gasteiger partial charge in [0.05, 0.1) is 12.5 Å². The summed E-state index contributed by atoms with van der Waals surface area (Å²) in [5.74, 6) is 2.04. The van der Waals surface area contributed by atoms with Crippen LogP contribution in [-0.2, 0) is 9.53 Å². The average Bonchev–Trinajstić information content (AvgIpc) is 3.00. The summed E-state index contributed by atoms with van der Waals surface area (Å²) in [6, 6.07) is 0.108. The molecule has 2 saturated carbocycles. The molecule has 4 heteroatoms. The van der Waals surface area contributed by atoms with E-state index < -0.39 is 0 Å². The Hall–Kier alpha value is -0.610. The maximum absolute atomic E-state index is 12.6. The highest BCUT2D eigenvalue weighted by Gasteiger charge is 2.49. The molecule has 1 heterocycles. The predicted octanol–water partition coefficient (Wildman–Crippen LogP) is 1.24. The lowest BCUT2D eigenvalue weighted by atomic mass is 9.84. The van der Waals surface area contributed by atoms with E-state index in [4.69, 9.17) is 10.5 Å². The van der Waals surface area contributed by atoms with Gasteiger partial charge < -0.3 is 15.4 Å². The Balaban J connectivity index is 1.57. The Morgan fingerprint density at radius 2 is 2.11 bits per heavy atom. The minimum absolute atomic E-state index is 0.0910. The molecule has 1 aliphatic heterocycles. The summed E-state index contributed by atoms with van der Waals surface area (Å²) in [6.07, 6.45) is 5.92. The number of hydrogen-bond donors (Lipinski definition) is 1. The van der Waals surface area contributed by atoms with Gasteiger partial charge in [0.25, 0.3) is 0 Å². The van der Waals surface area contributed by atoms with Gasteiger partial charge in [-0.3, -0.25) is 4.79 Å². The first-order valence-electron chi connectivity index (χ1n) is 7.75. The standard InChI is InChI=1S/C15H26N2O2/c1-17(8-10-3-2-6-19-9-10)15(18)13-11-4-5-12(7-11)14(13)16/h10-14H,2-9,16H2,1H3. The number of fused-ring (bicyclic) bond motifs is 2. The molecule has 108 valence electrons. The number of ether oxygens (including phenoxy) is 1. The maximum Gasteiger partial charge on any atom is 0.227 e. The van der Waals surface area contributed by atoms with Gasteiger partial charge in [-0.25, -0.2) is 0 Å². The fourth-order valence-electron chi connectivity index (χ4n) is 4.39. The van der Waals surface area contributed by atoms with Gasteiger partial charge in [-0.05, 0) is 49.9 Å². The van der Waals surface area contributed by atoms with Crippen molar-refractivity contribution in [3.8, 4) is 0 Å². The van der Waals surface area contributed by atoms with E-state index in [1.165, 1.54) is 25.7 Å². The third-order valence-electron chi connectivity index (χ3n) is 5.43. The summed E-state index contributed by atoms with van der Waals surface area (Å²) in [4.78, 5) is 14.5. The van der Waals surface area contributed by atoms with Crippen LogP contribution in [0, 0.1) is 23.7 Å². The summed E-state index contributed by atoms with van der Waals surface area (Å²) in [7, 11) is 1.94. The van der Waals surface area contributed by atoms with E-state index in [1.54, 1.807) is 0 Å². The van der Waals surface area contributed by atoms with Gasteiger partial charge in [0.2, 0.25) is 5.91 Å². The Labute approximate surface area is 115 Å². The van der Waals surface area contributed by atoms with Crippen molar-refractivity contribution in [1.29, 1.82) is 0 Å². The van der Waals surface area contributed by atoms with E-state index in [0.29, 0.717) is 17.8 Å². The van der Waals surface area contributed by atoms with E-state index in [0.717, 1.165) is 26.2 Å². The van der Waals surface area contributed by atoms with Crippen molar-refractivity contribution >= 4 is 5.91 Å².